The van der Waals surface area contributed by atoms with Gasteiger partial charge in [0.15, 0.2) is 5.82 Å². The quantitative estimate of drug-likeness (QED) is 0.289. The van der Waals surface area contributed by atoms with Gasteiger partial charge in [0.05, 0.1) is 11.7 Å². The fourth-order valence-corrected chi connectivity index (χ4v) is 4.28. The van der Waals surface area contributed by atoms with E-state index in [2.05, 4.69) is 30.2 Å². The van der Waals surface area contributed by atoms with Gasteiger partial charge in [0, 0.05) is 60.0 Å². The molecule has 1 aromatic carbocycles. The Labute approximate surface area is 219 Å². The number of nitrogens with one attached hydrogen (secondary N) is 2. The topological polar surface area (TPSA) is 109 Å². The fourth-order valence-electron chi connectivity index (χ4n) is 4.28. The van der Waals surface area contributed by atoms with E-state index >= 15 is 0 Å². The lowest BCUT2D eigenvalue weighted by Gasteiger charge is -2.10. The number of pyridine rings is 3. The van der Waals surface area contributed by atoms with E-state index in [1.807, 2.05) is 26.0 Å². The molecule has 4 heterocycles. The van der Waals surface area contributed by atoms with Crippen LogP contribution in [0.1, 0.15) is 36.0 Å². The number of aliphatic imine (C=N–C) groups is 1. The van der Waals surface area contributed by atoms with Crippen LogP contribution in [0.4, 0.5) is 10.2 Å². The number of benzene rings is 1. The Morgan fingerprint density at radius 2 is 1.82 bits per heavy atom. The van der Waals surface area contributed by atoms with Gasteiger partial charge in [0.25, 0.3) is 0 Å². The number of hydrogen-bond donors (Lipinski definition) is 2. The summed E-state index contributed by atoms with van der Waals surface area (Å²) >= 11 is 0. The van der Waals surface area contributed by atoms with Gasteiger partial charge in [-0.2, -0.15) is 0 Å². The molecular formula is C29H26FN7O. The predicted molar refractivity (Wildman–Crippen MR) is 147 cm³/mol. The number of rotatable bonds is 6. The van der Waals surface area contributed by atoms with Crippen molar-refractivity contribution < 1.29 is 9.18 Å². The summed E-state index contributed by atoms with van der Waals surface area (Å²) in [6.07, 6.45) is 7.26. The number of nitrogens with zero attached hydrogens (tertiary/aromatic N) is 5. The minimum absolute atomic E-state index is 0.0925. The second-order valence-corrected chi connectivity index (χ2v) is 8.89. The molecule has 0 atom stereocenters. The highest BCUT2D eigenvalue weighted by atomic mass is 19.1. The van der Waals surface area contributed by atoms with Crippen molar-refractivity contribution in [3.63, 3.8) is 0 Å². The van der Waals surface area contributed by atoms with Crippen LogP contribution in [0.25, 0.3) is 33.3 Å². The second-order valence-electron chi connectivity index (χ2n) is 8.89. The van der Waals surface area contributed by atoms with Gasteiger partial charge in [-0.05, 0) is 55.3 Å². The molecule has 9 heteroatoms. The molecule has 1 amide bonds. The molecule has 0 unspecified atom stereocenters. The van der Waals surface area contributed by atoms with Crippen molar-refractivity contribution in [3.8, 4) is 22.3 Å². The molecule has 0 aliphatic rings. The Hall–Kier alpha value is -4.79. The Kier molecular flexibility index (Phi) is 6.74. The fraction of sp³-hybridized carbons (Fsp3) is 0.172. The summed E-state index contributed by atoms with van der Waals surface area (Å²) in [5.74, 6) is 0.647. The van der Waals surface area contributed by atoms with E-state index in [9.17, 15) is 9.18 Å². The maximum absolute atomic E-state index is 14.1. The van der Waals surface area contributed by atoms with E-state index in [0.717, 1.165) is 44.6 Å². The van der Waals surface area contributed by atoms with Crippen molar-refractivity contribution in [2.45, 2.75) is 27.2 Å². The Balaban J connectivity index is 1.54. The zero-order valence-corrected chi connectivity index (χ0v) is 21.5. The molecule has 8 nitrogen and oxygen atoms in total. The molecule has 190 valence electrons. The maximum Gasteiger partial charge on any atom is 0.225 e. The Morgan fingerprint density at radius 1 is 1.00 bits per heavy atom. The first kappa shape index (κ1) is 24.9. The summed E-state index contributed by atoms with van der Waals surface area (Å²) in [5, 5.41) is 2.75. The monoisotopic (exact) mass is 507 g/mol. The standard InChI is InChI=1S/C29H26FN7O/c1-5-26(38)36-25-9-7-18(12-34-25)19-10-22(17(3)33-13-19)28(31-4)29-35-24-15-32-14-23(27(24)37-29)21-11-20(30)8-6-16(21)2/h6-15H,5H2,1-4H3,(H,35,37)(H,34,36,38)/b31-28+. The summed E-state index contributed by atoms with van der Waals surface area (Å²) in [4.78, 5) is 37.7. The van der Waals surface area contributed by atoms with Crippen LogP contribution in [0.15, 0.2) is 66.2 Å². The summed E-state index contributed by atoms with van der Waals surface area (Å²) in [7, 11) is 1.71. The van der Waals surface area contributed by atoms with Crippen molar-refractivity contribution in [2.75, 3.05) is 12.4 Å². The zero-order chi connectivity index (χ0) is 26.8. The first-order valence-corrected chi connectivity index (χ1v) is 12.2. The first-order valence-electron chi connectivity index (χ1n) is 12.2. The number of H-pyrrole nitrogens is 1. The number of carbonyl (C=O) groups excluding carboxylic acids is 1. The van der Waals surface area contributed by atoms with Crippen LogP contribution in [0.3, 0.4) is 0 Å². The number of aromatic amines is 1. The number of aromatic nitrogens is 5. The molecule has 2 N–H and O–H groups in total. The first-order chi connectivity index (χ1) is 18.4. The molecule has 0 spiro atoms. The third-order valence-electron chi connectivity index (χ3n) is 6.36. The largest absolute Gasteiger partial charge is 0.335 e. The van der Waals surface area contributed by atoms with Crippen LogP contribution in [0.5, 0.6) is 0 Å². The molecule has 0 aliphatic carbocycles. The molecule has 4 aromatic heterocycles. The van der Waals surface area contributed by atoms with Crippen LogP contribution in [-0.2, 0) is 4.79 Å². The lowest BCUT2D eigenvalue weighted by Crippen LogP contribution is -2.10. The number of aryl methyl sites for hydroxylation is 2. The normalized spacial score (nSPS) is 11.7. The number of fused-ring (bicyclic) bond motifs is 1. The van der Waals surface area contributed by atoms with Gasteiger partial charge in [0.2, 0.25) is 5.91 Å². The third-order valence-corrected chi connectivity index (χ3v) is 6.36. The number of hydrogen-bond acceptors (Lipinski definition) is 6. The Morgan fingerprint density at radius 3 is 2.55 bits per heavy atom. The number of imidazole rings is 1. The van der Waals surface area contributed by atoms with Gasteiger partial charge >= 0.3 is 0 Å². The SMILES string of the molecule is CCC(=O)Nc1ccc(-c2cnc(C)c(/C(=N\C)c3nc4c(-c5cc(F)ccc5C)cncc4[nH]3)c2)cn1. The number of halogens is 1. The number of amides is 1. The highest BCUT2D eigenvalue weighted by Crippen LogP contribution is 2.30. The predicted octanol–water partition coefficient (Wildman–Crippen LogP) is 5.65. The highest BCUT2D eigenvalue weighted by molar-refractivity contribution is 6.13. The van der Waals surface area contributed by atoms with Gasteiger partial charge < -0.3 is 10.3 Å². The molecule has 5 rings (SSSR count). The maximum atomic E-state index is 14.1. The molecule has 38 heavy (non-hydrogen) atoms. The highest BCUT2D eigenvalue weighted by Gasteiger charge is 2.18. The third kappa shape index (κ3) is 4.78. The molecule has 0 bridgehead atoms. The zero-order valence-electron chi connectivity index (χ0n) is 21.5. The van der Waals surface area contributed by atoms with Gasteiger partial charge in [-0.3, -0.25) is 19.8 Å². The second kappa shape index (κ2) is 10.3. The summed E-state index contributed by atoms with van der Waals surface area (Å²) < 4.78 is 14.1. The van der Waals surface area contributed by atoms with E-state index in [-0.39, 0.29) is 11.7 Å². The van der Waals surface area contributed by atoms with E-state index in [4.69, 9.17) is 4.98 Å². The smallest absolute Gasteiger partial charge is 0.225 e. The molecule has 0 aliphatic heterocycles. The van der Waals surface area contributed by atoms with Crippen molar-refractivity contribution in [1.29, 1.82) is 0 Å². The molecule has 0 fully saturated rings. The summed E-state index contributed by atoms with van der Waals surface area (Å²) in [6.45, 7) is 5.63. The molecule has 0 saturated heterocycles. The van der Waals surface area contributed by atoms with Crippen LogP contribution in [-0.4, -0.2) is 43.6 Å². The van der Waals surface area contributed by atoms with Crippen molar-refractivity contribution in [1.82, 2.24) is 24.9 Å². The minimum atomic E-state index is -0.317. The van der Waals surface area contributed by atoms with Crippen LogP contribution in [0.2, 0.25) is 0 Å². The van der Waals surface area contributed by atoms with E-state index < -0.39 is 0 Å². The van der Waals surface area contributed by atoms with E-state index in [1.165, 1.54) is 12.1 Å². The van der Waals surface area contributed by atoms with Gasteiger partial charge in [-0.1, -0.05) is 13.0 Å². The number of carbonyl (C=O) groups is 1. The van der Waals surface area contributed by atoms with Crippen LogP contribution >= 0.6 is 0 Å². The molecular weight excluding hydrogens is 481 g/mol. The van der Waals surface area contributed by atoms with E-state index in [1.54, 1.807) is 50.9 Å². The van der Waals surface area contributed by atoms with Crippen molar-refractivity contribution in [3.05, 3.63) is 89.6 Å². The van der Waals surface area contributed by atoms with Crippen LogP contribution < -0.4 is 5.32 Å². The molecule has 0 saturated carbocycles. The summed E-state index contributed by atoms with van der Waals surface area (Å²) in [6, 6.07) is 10.3. The molecule has 5 aromatic rings. The Bertz CT molecular complexity index is 1690. The number of anilines is 1. The van der Waals surface area contributed by atoms with E-state index in [0.29, 0.717) is 29.3 Å². The molecule has 0 radical (unpaired) electrons. The van der Waals surface area contributed by atoms with Gasteiger partial charge in [-0.25, -0.2) is 14.4 Å². The average molecular weight is 508 g/mol. The lowest BCUT2D eigenvalue weighted by atomic mass is 10.0. The average Bonchev–Trinajstić information content (AvgIpc) is 3.36. The summed E-state index contributed by atoms with van der Waals surface area (Å²) in [5.41, 5.74) is 7.73. The minimum Gasteiger partial charge on any atom is -0.335 e. The van der Waals surface area contributed by atoms with Gasteiger partial charge in [0.1, 0.15) is 22.9 Å². The lowest BCUT2D eigenvalue weighted by molar-refractivity contribution is -0.115. The van der Waals surface area contributed by atoms with Crippen LogP contribution in [0, 0.1) is 19.7 Å². The van der Waals surface area contributed by atoms with Crippen molar-refractivity contribution in [2.24, 2.45) is 4.99 Å². The van der Waals surface area contributed by atoms with Gasteiger partial charge in [-0.15, -0.1) is 0 Å². The van der Waals surface area contributed by atoms with Crippen molar-refractivity contribution >= 4 is 28.5 Å².